The number of likely N-dealkylation sites (N-methyl/N-ethyl adjacent to an activating group) is 1. The zero-order valence-electron chi connectivity index (χ0n) is 14.9. The molecule has 24 heavy (non-hydrogen) atoms. The number of carbonyl (C=O) groups is 1. The number of likely N-dealkylation sites (tertiary alicyclic amines) is 1. The average Bonchev–Trinajstić information content (AvgIpc) is 2.74. The van der Waals surface area contributed by atoms with Crippen molar-refractivity contribution < 1.29 is 4.79 Å². The molecule has 2 fully saturated rings. The first kappa shape index (κ1) is 17.2. The van der Waals surface area contributed by atoms with Gasteiger partial charge in [0.2, 0.25) is 5.91 Å². The highest BCUT2D eigenvalue weighted by Gasteiger charge is 2.41. The molecule has 0 N–H and O–H groups in total. The second-order valence-electron chi connectivity index (χ2n) is 7.26. The molecule has 2 heterocycles. The van der Waals surface area contributed by atoms with Gasteiger partial charge in [-0.25, -0.2) is 0 Å². The highest BCUT2D eigenvalue weighted by Crippen LogP contribution is 2.31. The Hall–Kier alpha value is -1.65. The third kappa shape index (κ3) is 3.87. The summed E-state index contributed by atoms with van der Waals surface area (Å²) in [5.74, 6) is 0.293. The van der Waals surface area contributed by atoms with E-state index in [0.717, 1.165) is 45.6 Å². The van der Waals surface area contributed by atoms with Crippen molar-refractivity contribution in [3.63, 3.8) is 0 Å². The highest BCUT2D eigenvalue weighted by atomic mass is 16.2. The van der Waals surface area contributed by atoms with Gasteiger partial charge >= 0.3 is 0 Å². The molecule has 130 valence electrons. The standard InChI is InChI=1S/C20H29N3O/c1-21-14-12-20(11-10-19(21)24)17-23(16-15-22(20)2)13-6-9-18-7-4-3-5-8-18/h3-9H,10-17H2,1-2H3/b9-6+/t20-/m0/s1. The first-order chi connectivity index (χ1) is 11.6. The molecule has 3 rings (SSSR count). The fourth-order valence-electron chi connectivity index (χ4n) is 3.90. The monoisotopic (exact) mass is 327 g/mol. The fourth-order valence-corrected chi connectivity index (χ4v) is 3.90. The van der Waals surface area contributed by atoms with Gasteiger partial charge in [0.1, 0.15) is 0 Å². The molecular weight excluding hydrogens is 298 g/mol. The summed E-state index contributed by atoms with van der Waals surface area (Å²) in [5.41, 5.74) is 1.40. The lowest BCUT2D eigenvalue weighted by Crippen LogP contribution is -2.61. The summed E-state index contributed by atoms with van der Waals surface area (Å²) in [7, 11) is 4.16. The second-order valence-corrected chi connectivity index (χ2v) is 7.26. The first-order valence-electron chi connectivity index (χ1n) is 8.98. The predicted octanol–water partition coefficient (Wildman–Crippen LogP) is 2.33. The Balaban J connectivity index is 1.63. The molecular formula is C20H29N3O. The van der Waals surface area contributed by atoms with Crippen molar-refractivity contribution in [1.82, 2.24) is 14.7 Å². The van der Waals surface area contributed by atoms with E-state index in [1.165, 1.54) is 5.56 Å². The Morgan fingerprint density at radius 2 is 1.88 bits per heavy atom. The summed E-state index contributed by atoms with van der Waals surface area (Å²) in [6.07, 6.45) is 7.20. The molecule has 4 nitrogen and oxygen atoms in total. The van der Waals surface area contributed by atoms with Crippen LogP contribution in [0.4, 0.5) is 0 Å². The van der Waals surface area contributed by atoms with E-state index < -0.39 is 0 Å². The molecule has 1 spiro atoms. The number of benzene rings is 1. The van der Waals surface area contributed by atoms with Gasteiger partial charge in [-0.3, -0.25) is 14.6 Å². The van der Waals surface area contributed by atoms with Crippen LogP contribution in [0.3, 0.4) is 0 Å². The third-order valence-corrected chi connectivity index (χ3v) is 5.70. The van der Waals surface area contributed by atoms with Gasteiger partial charge < -0.3 is 4.90 Å². The third-order valence-electron chi connectivity index (χ3n) is 5.70. The van der Waals surface area contributed by atoms with Crippen LogP contribution in [0.2, 0.25) is 0 Å². The van der Waals surface area contributed by atoms with Crippen molar-refractivity contribution >= 4 is 12.0 Å². The van der Waals surface area contributed by atoms with E-state index in [4.69, 9.17) is 0 Å². The molecule has 0 radical (unpaired) electrons. The molecule has 0 aliphatic carbocycles. The maximum absolute atomic E-state index is 12.0. The first-order valence-corrected chi connectivity index (χ1v) is 8.98. The lowest BCUT2D eigenvalue weighted by molar-refractivity contribution is -0.129. The fraction of sp³-hybridized carbons (Fsp3) is 0.550. The summed E-state index contributed by atoms with van der Waals surface area (Å²) in [6.45, 7) is 5.09. The molecule has 0 saturated carbocycles. The Kier molecular flexibility index (Phi) is 5.36. The van der Waals surface area contributed by atoms with Crippen LogP contribution in [0.15, 0.2) is 36.4 Å². The Labute approximate surface area is 145 Å². The van der Waals surface area contributed by atoms with Gasteiger partial charge in [0.05, 0.1) is 0 Å². The summed E-state index contributed by atoms with van der Waals surface area (Å²) in [6, 6.07) is 10.5. The largest absolute Gasteiger partial charge is 0.346 e. The maximum Gasteiger partial charge on any atom is 0.222 e. The van der Waals surface area contributed by atoms with Crippen LogP contribution in [0.5, 0.6) is 0 Å². The molecule has 0 bridgehead atoms. The molecule has 0 unspecified atom stereocenters. The van der Waals surface area contributed by atoms with Crippen LogP contribution >= 0.6 is 0 Å². The molecule has 4 heteroatoms. The number of piperazine rings is 1. The van der Waals surface area contributed by atoms with Gasteiger partial charge in [-0.1, -0.05) is 42.5 Å². The molecule has 1 atom stereocenters. The van der Waals surface area contributed by atoms with Crippen LogP contribution in [0.1, 0.15) is 24.8 Å². The normalized spacial score (nSPS) is 27.1. The Morgan fingerprint density at radius 3 is 2.67 bits per heavy atom. The van der Waals surface area contributed by atoms with Gasteiger partial charge in [0, 0.05) is 51.7 Å². The summed E-state index contributed by atoms with van der Waals surface area (Å²) < 4.78 is 0. The topological polar surface area (TPSA) is 26.8 Å². The summed E-state index contributed by atoms with van der Waals surface area (Å²) in [5, 5.41) is 0. The van der Waals surface area contributed by atoms with Crippen LogP contribution in [0.25, 0.3) is 6.08 Å². The van der Waals surface area contributed by atoms with E-state index >= 15 is 0 Å². The molecule has 2 saturated heterocycles. The SMILES string of the molecule is CN1CC[C@@]2(CCC1=O)CN(C/C=C/c1ccccc1)CCN2C. The highest BCUT2D eigenvalue weighted by molar-refractivity contribution is 5.76. The summed E-state index contributed by atoms with van der Waals surface area (Å²) >= 11 is 0. The molecule has 1 aromatic rings. The van der Waals surface area contributed by atoms with E-state index in [9.17, 15) is 4.79 Å². The van der Waals surface area contributed by atoms with Gasteiger partial charge in [-0.2, -0.15) is 0 Å². The lowest BCUT2D eigenvalue weighted by atomic mass is 9.86. The van der Waals surface area contributed by atoms with Crippen molar-refractivity contribution in [2.24, 2.45) is 0 Å². The number of hydrogen-bond acceptors (Lipinski definition) is 3. The van der Waals surface area contributed by atoms with Crippen molar-refractivity contribution in [2.75, 3.05) is 46.8 Å². The quantitative estimate of drug-likeness (QED) is 0.852. The van der Waals surface area contributed by atoms with Gasteiger partial charge in [-0.15, -0.1) is 0 Å². The van der Waals surface area contributed by atoms with Crippen LogP contribution in [-0.4, -0.2) is 73.0 Å². The Bertz CT molecular complexity index is 586. The van der Waals surface area contributed by atoms with Gasteiger partial charge in [-0.05, 0) is 25.5 Å². The number of carbonyl (C=O) groups excluding carboxylic acids is 1. The smallest absolute Gasteiger partial charge is 0.222 e. The maximum atomic E-state index is 12.0. The number of nitrogens with zero attached hydrogens (tertiary/aromatic N) is 3. The van der Waals surface area contributed by atoms with Crippen LogP contribution in [-0.2, 0) is 4.79 Å². The van der Waals surface area contributed by atoms with E-state index in [-0.39, 0.29) is 5.54 Å². The second kappa shape index (κ2) is 7.49. The van der Waals surface area contributed by atoms with E-state index in [2.05, 4.69) is 53.3 Å². The van der Waals surface area contributed by atoms with Crippen molar-refractivity contribution in [3.05, 3.63) is 42.0 Å². The van der Waals surface area contributed by atoms with Crippen molar-refractivity contribution in [3.8, 4) is 0 Å². The summed E-state index contributed by atoms with van der Waals surface area (Å²) in [4.78, 5) is 19.0. The van der Waals surface area contributed by atoms with E-state index in [0.29, 0.717) is 12.3 Å². The molecule has 1 amide bonds. The minimum absolute atomic E-state index is 0.152. The lowest BCUT2D eigenvalue weighted by Gasteiger charge is -2.49. The molecule has 2 aliphatic rings. The predicted molar refractivity (Wildman–Crippen MR) is 98.8 cm³/mol. The molecule has 0 aromatic heterocycles. The Morgan fingerprint density at radius 1 is 1.08 bits per heavy atom. The minimum atomic E-state index is 0.152. The van der Waals surface area contributed by atoms with E-state index in [1.807, 2.05) is 18.0 Å². The number of amides is 1. The zero-order valence-corrected chi connectivity index (χ0v) is 14.9. The van der Waals surface area contributed by atoms with Crippen molar-refractivity contribution in [1.29, 1.82) is 0 Å². The number of hydrogen-bond donors (Lipinski definition) is 0. The van der Waals surface area contributed by atoms with E-state index in [1.54, 1.807) is 0 Å². The molecule has 1 aromatic carbocycles. The minimum Gasteiger partial charge on any atom is -0.346 e. The molecule has 2 aliphatic heterocycles. The van der Waals surface area contributed by atoms with Gasteiger partial charge in [0.25, 0.3) is 0 Å². The number of rotatable bonds is 3. The van der Waals surface area contributed by atoms with Gasteiger partial charge in [0.15, 0.2) is 0 Å². The van der Waals surface area contributed by atoms with Crippen LogP contribution < -0.4 is 0 Å². The average molecular weight is 327 g/mol. The van der Waals surface area contributed by atoms with Crippen LogP contribution in [0, 0.1) is 0 Å². The zero-order chi connectivity index (χ0) is 17.0. The van der Waals surface area contributed by atoms with Crippen molar-refractivity contribution in [2.45, 2.75) is 24.8 Å².